The quantitative estimate of drug-likeness (QED) is 0.0849. The Morgan fingerprint density at radius 2 is 1.32 bits per heavy atom. The van der Waals surface area contributed by atoms with Crippen molar-refractivity contribution < 1.29 is 47.0 Å². The van der Waals surface area contributed by atoms with E-state index in [9.17, 15) is 9.59 Å². The molecule has 4 heterocycles. The van der Waals surface area contributed by atoms with Crippen LogP contribution in [0.25, 0.3) is 0 Å². The summed E-state index contributed by atoms with van der Waals surface area (Å²) in [5, 5.41) is 30.9. The van der Waals surface area contributed by atoms with Gasteiger partial charge in [0.1, 0.15) is 18.8 Å². The molecule has 4 fully saturated rings. The van der Waals surface area contributed by atoms with Crippen LogP contribution in [-0.4, -0.2) is 126 Å². The van der Waals surface area contributed by atoms with Crippen molar-refractivity contribution in [3.63, 3.8) is 0 Å². The average molecular weight is 1040 g/mol. The first-order valence-corrected chi connectivity index (χ1v) is 31.6. The van der Waals surface area contributed by atoms with Crippen molar-refractivity contribution in [2.45, 2.75) is 73.4 Å². The number of carbonyl (C=O) groups is 2. The van der Waals surface area contributed by atoms with Gasteiger partial charge in [0.05, 0.1) is 35.1 Å². The van der Waals surface area contributed by atoms with Crippen LogP contribution in [0.2, 0.25) is 0 Å². The zero-order valence-electron chi connectivity index (χ0n) is 27.4. The van der Waals surface area contributed by atoms with Gasteiger partial charge >= 0.3 is 65.0 Å². The summed E-state index contributed by atoms with van der Waals surface area (Å²) in [7, 11) is -0.498. The van der Waals surface area contributed by atoms with E-state index in [1.807, 2.05) is 47.0 Å². The van der Waals surface area contributed by atoms with E-state index in [2.05, 4.69) is 86.6 Å². The molecule has 0 aromatic carbocycles. The van der Waals surface area contributed by atoms with E-state index >= 15 is 0 Å². The molecule has 4 aliphatic heterocycles. The van der Waals surface area contributed by atoms with Crippen molar-refractivity contribution in [3.8, 4) is 0 Å². The summed E-state index contributed by atoms with van der Waals surface area (Å²) in [5.41, 5.74) is 0.677. The zero-order chi connectivity index (χ0) is 35.5. The number of aliphatic hydroxyl groups is 3. The molecule has 3 atom stereocenters. The van der Waals surface area contributed by atoms with Crippen LogP contribution < -0.4 is 0 Å². The van der Waals surface area contributed by atoms with Crippen LogP contribution in [0.15, 0.2) is 24.3 Å². The summed E-state index contributed by atoms with van der Waals surface area (Å²) in [6.45, 7) is 11.2. The van der Waals surface area contributed by atoms with Gasteiger partial charge in [-0.2, -0.15) is 23.5 Å². The number of thioether (sulfide) groups is 6. The number of epoxide rings is 1. The molecule has 4 saturated heterocycles. The number of hydrogen-bond acceptors (Lipinski definition) is 14. The summed E-state index contributed by atoms with van der Waals surface area (Å²) in [4.78, 5) is 23.1. The minimum atomic E-state index is -0.516. The predicted octanol–water partition coefficient (Wildman–Crippen LogP) is 7.03. The number of halogens is 2. The van der Waals surface area contributed by atoms with Crippen molar-refractivity contribution >= 4 is 128 Å². The fourth-order valence-electron chi connectivity index (χ4n) is 3.16. The molecular weight excluding hydrogens is 985 g/mol. The minimum absolute atomic E-state index is 0.0579. The Morgan fingerprint density at radius 1 is 0.872 bits per heavy atom. The van der Waals surface area contributed by atoms with Gasteiger partial charge in [0.2, 0.25) is 0 Å². The Kier molecular flexibility index (Phi) is 34.5. The van der Waals surface area contributed by atoms with E-state index in [4.69, 9.17) is 24.8 Å². The van der Waals surface area contributed by atoms with Gasteiger partial charge < -0.3 is 29.5 Å². The molecule has 8 nitrogen and oxygen atoms in total. The van der Waals surface area contributed by atoms with E-state index < -0.39 is 32.0 Å². The van der Waals surface area contributed by atoms with Gasteiger partial charge in [-0.25, -0.2) is 9.59 Å². The Labute approximate surface area is 334 Å². The Morgan fingerprint density at radius 3 is 1.64 bits per heavy atom. The molecule has 3 N–H and O–H groups in total. The first-order valence-electron chi connectivity index (χ1n) is 15.1. The summed E-state index contributed by atoms with van der Waals surface area (Å²) >= 11 is 16.4. The molecule has 0 amide bonds. The molecule has 17 heteroatoms. The second kappa shape index (κ2) is 32.9. The fraction of sp³-hybridized carbons (Fsp3) is 0.767. The Balaban J connectivity index is 0.000000666. The second-order valence-corrected chi connectivity index (χ2v) is 36.8. The number of esters is 2. The summed E-state index contributed by atoms with van der Waals surface area (Å²) < 4.78 is 16.0. The molecule has 0 aromatic heterocycles. The molecule has 47 heavy (non-hydrogen) atoms. The SMILES string of the molecule is C1CSCSC1.C=C(C)C(=O)OCC(CC1SCCCS1)OC(=O)C(=C)C.OCC(O)CC1SCCCS1.OCC1CO1.[CH2]=[V]([I])[I]. The van der Waals surface area contributed by atoms with Gasteiger partial charge in [-0.15, -0.1) is 47.0 Å². The van der Waals surface area contributed by atoms with E-state index in [1.54, 1.807) is 13.8 Å². The average Bonchev–Trinajstić information content (AvgIpc) is 3.91. The van der Waals surface area contributed by atoms with Gasteiger partial charge in [0, 0.05) is 22.7 Å². The van der Waals surface area contributed by atoms with Gasteiger partial charge in [-0.1, -0.05) is 13.2 Å². The first kappa shape index (κ1) is 49.3. The first-order chi connectivity index (χ1) is 22.4. The summed E-state index contributed by atoms with van der Waals surface area (Å²) in [5.74, 6) is 6.52. The van der Waals surface area contributed by atoms with Crippen molar-refractivity contribution in [1.29, 1.82) is 0 Å². The number of aliphatic hydroxyl groups excluding tert-OH is 3. The van der Waals surface area contributed by atoms with Crippen LogP contribution in [0.5, 0.6) is 0 Å². The molecule has 0 saturated carbocycles. The molecule has 4 rings (SSSR count). The van der Waals surface area contributed by atoms with Crippen LogP contribution in [0.3, 0.4) is 0 Å². The van der Waals surface area contributed by atoms with Crippen LogP contribution in [0, 0.1) is 0 Å². The van der Waals surface area contributed by atoms with E-state index in [0.717, 1.165) is 24.5 Å². The van der Waals surface area contributed by atoms with Crippen LogP contribution in [-0.2, 0) is 31.7 Å². The maximum absolute atomic E-state index is 11.7. The van der Waals surface area contributed by atoms with E-state index in [-0.39, 0.29) is 25.9 Å². The third-order valence-electron chi connectivity index (χ3n) is 5.64. The van der Waals surface area contributed by atoms with Crippen LogP contribution in [0.4, 0.5) is 0 Å². The molecule has 0 aliphatic carbocycles. The molecule has 4 aliphatic rings. The third kappa shape index (κ3) is 32.6. The Bertz CT molecular complexity index is 875. The van der Waals surface area contributed by atoms with Crippen molar-refractivity contribution in [2.24, 2.45) is 0 Å². The molecule has 0 bridgehead atoms. The van der Waals surface area contributed by atoms with Crippen LogP contribution in [0.1, 0.15) is 46.0 Å². The van der Waals surface area contributed by atoms with Crippen LogP contribution >= 0.6 is 111 Å². The molecule has 0 spiro atoms. The maximum atomic E-state index is 11.7. The van der Waals surface area contributed by atoms with Gasteiger partial charge in [0.25, 0.3) is 0 Å². The third-order valence-corrected chi connectivity index (χ3v) is 14.1. The zero-order valence-corrected chi connectivity index (χ0v) is 38.0. The normalized spacial score (nSPS) is 20.3. The number of ether oxygens (including phenoxy) is 3. The Hall–Kier alpha value is 2.27. The molecule has 0 aromatic rings. The van der Waals surface area contributed by atoms with Crippen molar-refractivity contribution in [1.82, 2.24) is 0 Å². The van der Waals surface area contributed by atoms with Crippen molar-refractivity contribution in [3.05, 3.63) is 24.3 Å². The topological polar surface area (TPSA) is 126 Å². The van der Waals surface area contributed by atoms with E-state index in [0.29, 0.717) is 26.7 Å². The second-order valence-electron chi connectivity index (χ2n) is 10.3. The van der Waals surface area contributed by atoms with Gasteiger partial charge in [-0.3, -0.25) is 0 Å². The monoisotopic (exact) mass is 1040 g/mol. The molecule has 275 valence electrons. The molecular formula is C30H52I2O8S6V. The molecule has 3 unspecified atom stereocenters. The predicted molar refractivity (Wildman–Crippen MR) is 226 cm³/mol. The fourth-order valence-corrected chi connectivity index (χ4v) is 11.5. The standard InChI is InChI=1S/C15H22O4S2.C7H14O2S2.C4H8S2.C3H6O2.CH2.2HI.V/c1-10(2)14(16)18-9-12(19-15(17)11(3)4)8-13-20-6-5-7-21-13;8-5-6(9)4-7-10-2-1-3-11-7;1-2-5-4-6-3-1;4-1-3-2-5-3;;;;/h12-13H,1,3,5-9H2,2,4H3;6-9H,1-5H2;1-4H2;3-4H,1-2H2;1H2;2*1H;/q;;;;;;;+2/p-2. The van der Waals surface area contributed by atoms with Crippen molar-refractivity contribution in [2.75, 3.05) is 66.0 Å². The number of rotatable bonds is 11. The number of carbonyl (C=O) groups excluding carboxylic acids is 2. The van der Waals surface area contributed by atoms with E-state index in [1.165, 1.54) is 47.4 Å². The summed E-state index contributed by atoms with van der Waals surface area (Å²) in [6, 6.07) is 0. The van der Waals surface area contributed by atoms with Gasteiger partial charge in [-0.05, 0) is 74.0 Å². The summed E-state index contributed by atoms with van der Waals surface area (Å²) in [6.07, 6.45) is 4.53. The van der Waals surface area contributed by atoms with Gasteiger partial charge in [0.15, 0.2) is 0 Å². The number of hydrogen-bond donors (Lipinski definition) is 3. The molecule has 0 radical (unpaired) electrons.